The molecule has 1 N–H and O–H groups in total. The van der Waals surface area contributed by atoms with Crippen molar-refractivity contribution in [2.45, 2.75) is 52.2 Å². The second-order valence-electron chi connectivity index (χ2n) is 12.4. The Labute approximate surface area is 279 Å². The van der Waals surface area contributed by atoms with Crippen LogP contribution in [0.25, 0.3) is 16.7 Å². The van der Waals surface area contributed by atoms with E-state index in [0.29, 0.717) is 25.5 Å². The van der Waals surface area contributed by atoms with E-state index in [-0.39, 0.29) is 5.92 Å². The summed E-state index contributed by atoms with van der Waals surface area (Å²) in [5, 5.41) is 15.1. The Kier molecular flexibility index (Phi) is 8.31. The SMILES string of the molecule is CCc1nc2c(C)cc(C)nc2n1Cc1ccc(C2=CCN(C(=O)OC(C)(c3ccccc3)c3ccccc3)CC2c2nn[nH]n2)cc1. The van der Waals surface area contributed by atoms with Crippen molar-refractivity contribution in [1.29, 1.82) is 0 Å². The number of hydrogen-bond donors (Lipinski definition) is 1. The standard InChI is InChI=1S/C38H38N8O2/c1-5-33-40-34-25(2)22-26(3)39-36(34)46(33)23-27-16-18-28(19-17-27)31-20-21-45(24-32(31)35-41-43-44-42-35)37(47)48-38(4,29-12-8-6-9-13-29)30-14-10-7-11-15-30/h6-20,22,32H,5,21,23-24H2,1-4H3,(H,41,42,43,44). The summed E-state index contributed by atoms with van der Waals surface area (Å²) in [6.45, 7) is 9.57. The molecule has 1 aliphatic heterocycles. The van der Waals surface area contributed by atoms with Gasteiger partial charge in [-0.15, -0.1) is 10.2 Å². The van der Waals surface area contributed by atoms with Crippen LogP contribution in [0.5, 0.6) is 0 Å². The number of ether oxygens (including phenoxy) is 1. The van der Waals surface area contributed by atoms with E-state index in [2.05, 4.69) is 75.4 Å². The van der Waals surface area contributed by atoms with Crippen LogP contribution in [0.1, 0.15) is 64.9 Å². The fourth-order valence-electron chi connectivity index (χ4n) is 6.66. The van der Waals surface area contributed by atoms with Crippen LogP contribution in [-0.2, 0) is 23.3 Å². The van der Waals surface area contributed by atoms with Gasteiger partial charge in [0.1, 0.15) is 11.3 Å². The maximum absolute atomic E-state index is 13.9. The molecule has 1 aliphatic rings. The van der Waals surface area contributed by atoms with Crippen LogP contribution >= 0.6 is 0 Å². The third-order valence-electron chi connectivity index (χ3n) is 9.23. The number of fused-ring (bicyclic) bond motifs is 1. The van der Waals surface area contributed by atoms with Gasteiger partial charge in [0.25, 0.3) is 0 Å². The number of amides is 1. The van der Waals surface area contributed by atoms with Crippen molar-refractivity contribution in [1.82, 2.24) is 40.1 Å². The van der Waals surface area contributed by atoms with Gasteiger partial charge in [0.05, 0.1) is 12.5 Å². The van der Waals surface area contributed by atoms with Gasteiger partial charge in [0, 0.05) is 25.2 Å². The summed E-state index contributed by atoms with van der Waals surface area (Å²) >= 11 is 0. The Hall–Kier alpha value is -5.64. The molecule has 48 heavy (non-hydrogen) atoms. The van der Waals surface area contributed by atoms with E-state index in [1.807, 2.05) is 74.5 Å². The van der Waals surface area contributed by atoms with Crippen molar-refractivity contribution in [3.63, 3.8) is 0 Å². The number of carbonyl (C=O) groups excluding carboxylic acids is 1. The second-order valence-corrected chi connectivity index (χ2v) is 12.4. The molecular weight excluding hydrogens is 600 g/mol. The van der Waals surface area contributed by atoms with Crippen molar-refractivity contribution in [2.75, 3.05) is 13.1 Å². The average Bonchev–Trinajstić information content (AvgIpc) is 3.78. The Morgan fingerprint density at radius 1 is 0.958 bits per heavy atom. The summed E-state index contributed by atoms with van der Waals surface area (Å²) < 4.78 is 8.58. The highest BCUT2D eigenvalue weighted by molar-refractivity contribution is 5.77. The van der Waals surface area contributed by atoms with E-state index < -0.39 is 11.7 Å². The molecule has 1 unspecified atom stereocenters. The second kappa shape index (κ2) is 12.9. The van der Waals surface area contributed by atoms with Crippen molar-refractivity contribution in [3.05, 3.63) is 142 Å². The number of aromatic amines is 1. The molecule has 3 aromatic carbocycles. The highest BCUT2D eigenvalue weighted by atomic mass is 16.6. The zero-order chi connectivity index (χ0) is 33.3. The number of nitrogens with one attached hydrogen (secondary N) is 1. The molecule has 10 nitrogen and oxygen atoms in total. The first-order chi connectivity index (χ1) is 23.3. The number of tetrazole rings is 1. The molecule has 0 radical (unpaired) electrons. The van der Waals surface area contributed by atoms with Gasteiger partial charge in [-0.25, -0.2) is 14.8 Å². The number of H-pyrrole nitrogens is 1. The minimum Gasteiger partial charge on any atom is -0.433 e. The normalized spacial score (nSPS) is 15.0. The molecule has 1 atom stereocenters. The minimum atomic E-state index is -0.980. The molecule has 7 rings (SSSR count). The van der Waals surface area contributed by atoms with Gasteiger partial charge in [-0.1, -0.05) is 103 Å². The van der Waals surface area contributed by atoms with Crippen LogP contribution in [0.4, 0.5) is 4.79 Å². The monoisotopic (exact) mass is 638 g/mol. The molecule has 0 fully saturated rings. The van der Waals surface area contributed by atoms with Crippen LogP contribution in [-0.4, -0.2) is 59.2 Å². The van der Waals surface area contributed by atoms with Crippen molar-refractivity contribution in [2.24, 2.45) is 0 Å². The van der Waals surface area contributed by atoms with E-state index in [0.717, 1.165) is 62.5 Å². The van der Waals surface area contributed by atoms with E-state index >= 15 is 0 Å². The maximum Gasteiger partial charge on any atom is 0.411 e. The zero-order valence-corrected chi connectivity index (χ0v) is 27.6. The lowest BCUT2D eigenvalue weighted by molar-refractivity contribution is 0.0253. The van der Waals surface area contributed by atoms with Crippen molar-refractivity contribution >= 4 is 22.8 Å². The van der Waals surface area contributed by atoms with Gasteiger partial charge in [-0.2, -0.15) is 5.21 Å². The van der Waals surface area contributed by atoms with Crippen molar-refractivity contribution in [3.8, 4) is 0 Å². The van der Waals surface area contributed by atoms with E-state index in [4.69, 9.17) is 14.7 Å². The zero-order valence-electron chi connectivity index (χ0n) is 27.6. The molecule has 6 aromatic rings. The number of pyridine rings is 1. The number of rotatable bonds is 8. The third-order valence-corrected chi connectivity index (χ3v) is 9.23. The average molecular weight is 639 g/mol. The molecule has 0 aliphatic carbocycles. The fraction of sp³-hybridized carbons (Fsp3) is 0.263. The molecular formula is C38H38N8O2. The molecule has 242 valence electrons. The smallest absolute Gasteiger partial charge is 0.411 e. The first-order valence-electron chi connectivity index (χ1n) is 16.3. The number of hydrogen-bond acceptors (Lipinski definition) is 7. The predicted molar refractivity (Wildman–Crippen MR) is 184 cm³/mol. The molecule has 10 heteroatoms. The summed E-state index contributed by atoms with van der Waals surface area (Å²) in [4.78, 5) is 25.3. The van der Waals surface area contributed by atoms with Crippen LogP contribution in [0.3, 0.4) is 0 Å². The summed E-state index contributed by atoms with van der Waals surface area (Å²) in [6, 6.07) is 30.3. The molecule has 3 aromatic heterocycles. The molecule has 0 saturated heterocycles. The Morgan fingerprint density at radius 3 is 2.27 bits per heavy atom. The largest absolute Gasteiger partial charge is 0.433 e. The van der Waals surface area contributed by atoms with Gasteiger partial charge in [-0.05, 0) is 60.2 Å². The number of aromatic nitrogens is 7. The van der Waals surface area contributed by atoms with Crippen LogP contribution in [0, 0.1) is 13.8 Å². The number of benzene rings is 3. The van der Waals surface area contributed by atoms with Crippen LogP contribution < -0.4 is 0 Å². The van der Waals surface area contributed by atoms with Gasteiger partial charge in [0.15, 0.2) is 17.1 Å². The van der Waals surface area contributed by atoms with Crippen molar-refractivity contribution < 1.29 is 9.53 Å². The number of carbonyl (C=O) groups is 1. The van der Waals surface area contributed by atoms with Gasteiger partial charge < -0.3 is 14.2 Å². The topological polar surface area (TPSA) is 115 Å². The summed E-state index contributed by atoms with van der Waals surface area (Å²) in [7, 11) is 0. The lowest BCUT2D eigenvalue weighted by Crippen LogP contribution is -2.43. The minimum absolute atomic E-state index is 0.296. The Morgan fingerprint density at radius 2 is 1.65 bits per heavy atom. The number of imidazole rings is 1. The van der Waals surface area contributed by atoms with E-state index in [1.165, 1.54) is 0 Å². The highest BCUT2D eigenvalue weighted by Crippen LogP contribution is 2.37. The maximum atomic E-state index is 13.9. The van der Waals surface area contributed by atoms with E-state index in [9.17, 15) is 4.79 Å². The number of nitrogens with zero attached hydrogens (tertiary/aromatic N) is 7. The molecule has 0 bridgehead atoms. The Balaban J connectivity index is 1.15. The lowest BCUT2D eigenvalue weighted by atomic mass is 9.87. The highest BCUT2D eigenvalue weighted by Gasteiger charge is 2.37. The van der Waals surface area contributed by atoms with E-state index in [1.54, 1.807) is 4.90 Å². The molecule has 4 heterocycles. The van der Waals surface area contributed by atoms with Gasteiger partial charge in [0.2, 0.25) is 0 Å². The molecule has 1 amide bonds. The first-order valence-corrected chi connectivity index (χ1v) is 16.3. The summed E-state index contributed by atoms with van der Waals surface area (Å²) in [5.74, 6) is 1.24. The fourth-order valence-corrected chi connectivity index (χ4v) is 6.66. The predicted octanol–water partition coefficient (Wildman–Crippen LogP) is 6.76. The van der Waals surface area contributed by atoms with Gasteiger partial charge >= 0.3 is 6.09 Å². The van der Waals surface area contributed by atoms with Crippen LogP contribution in [0.2, 0.25) is 0 Å². The molecule has 0 saturated carbocycles. The summed E-state index contributed by atoms with van der Waals surface area (Å²) in [6.07, 6.45) is 2.47. The lowest BCUT2D eigenvalue weighted by Gasteiger charge is -2.36. The third kappa shape index (κ3) is 5.85. The first kappa shape index (κ1) is 31.0. The summed E-state index contributed by atoms with van der Waals surface area (Å²) in [5.41, 5.74) is 8.03. The van der Waals surface area contributed by atoms with Gasteiger partial charge in [-0.3, -0.25) is 0 Å². The quantitative estimate of drug-likeness (QED) is 0.196. The van der Waals surface area contributed by atoms with Crippen LogP contribution in [0.15, 0.2) is 97.1 Å². The molecule has 0 spiro atoms. The Bertz CT molecular complexity index is 2030. The number of aryl methyl sites for hydroxylation is 3.